The Labute approximate surface area is 130 Å². The molecule has 1 rings (SSSR count). The fourth-order valence-electron chi connectivity index (χ4n) is 2.22. The Morgan fingerprint density at radius 1 is 0.800 bits per heavy atom. The van der Waals surface area contributed by atoms with E-state index in [0.29, 0.717) is 16.7 Å². The molecule has 1 atom stereocenters. The van der Waals surface area contributed by atoms with Gasteiger partial charge in [-0.15, -0.1) is 0 Å². The minimum atomic E-state index is 0. The van der Waals surface area contributed by atoms with Crippen molar-refractivity contribution in [3.63, 3.8) is 0 Å². The Kier molecular flexibility index (Phi) is 12.2. The van der Waals surface area contributed by atoms with Crippen LogP contribution in [0.1, 0.15) is 88.1 Å². The molecule has 1 aromatic carbocycles. The summed E-state index contributed by atoms with van der Waals surface area (Å²) in [5.74, 6) is 0.633. The average Bonchev–Trinajstić information content (AvgIpc) is 2.27. The van der Waals surface area contributed by atoms with Crippen LogP contribution in [0.25, 0.3) is 0 Å². The molecule has 1 aromatic rings. The summed E-state index contributed by atoms with van der Waals surface area (Å²) in [7, 11) is 0. The molecule has 20 heavy (non-hydrogen) atoms. The smallest absolute Gasteiger partial charge is 0.0108 e. The Morgan fingerprint density at radius 3 is 1.50 bits per heavy atom. The highest BCUT2D eigenvalue weighted by Crippen LogP contribution is 2.42. The number of rotatable bonds is 2. The molecule has 0 N–H and O–H groups in total. The highest BCUT2D eigenvalue weighted by molar-refractivity contribution is 5.21. The molecule has 0 aliphatic heterocycles. The van der Waals surface area contributed by atoms with Crippen LogP contribution in [-0.4, -0.2) is 0 Å². The molecule has 0 heterocycles. The SMILES string of the molecule is C.C.CC.CC(C)(C)CC(c1ccccc1)C(C)(C)C. The molecular formula is C20H40. The Morgan fingerprint density at radius 2 is 1.20 bits per heavy atom. The summed E-state index contributed by atoms with van der Waals surface area (Å²) in [5.41, 5.74) is 2.19. The summed E-state index contributed by atoms with van der Waals surface area (Å²) in [6.45, 7) is 18.0. The van der Waals surface area contributed by atoms with E-state index < -0.39 is 0 Å². The van der Waals surface area contributed by atoms with E-state index >= 15 is 0 Å². The molecule has 0 radical (unpaired) electrons. The van der Waals surface area contributed by atoms with Crippen molar-refractivity contribution in [3.8, 4) is 0 Å². The predicted molar refractivity (Wildman–Crippen MR) is 97.5 cm³/mol. The lowest BCUT2D eigenvalue weighted by Gasteiger charge is -2.36. The normalized spacial score (nSPS) is 12.2. The van der Waals surface area contributed by atoms with E-state index in [1.807, 2.05) is 13.8 Å². The number of hydrogen-bond acceptors (Lipinski definition) is 0. The van der Waals surface area contributed by atoms with Crippen LogP contribution in [-0.2, 0) is 0 Å². The Hall–Kier alpha value is -0.780. The van der Waals surface area contributed by atoms with Crippen LogP contribution in [0.5, 0.6) is 0 Å². The van der Waals surface area contributed by atoms with Crippen molar-refractivity contribution in [2.24, 2.45) is 10.8 Å². The average molecular weight is 281 g/mol. The summed E-state index contributed by atoms with van der Waals surface area (Å²) in [4.78, 5) is 0. The highest BCUT2D eigenvalue weighted by atomic mass is 14.3. The van der Waals surface area contributed by atoms with Crippen LogP contribution in [0.15, 0.2) is 30.3 Å². The maximum absolute atomic E-state index is 2.34. The first-order valence-corrected chi connectivity index (χ1v) is 7.25. The first-order valence-electron chi connectivity index (χ1n) is 7.25. The maximum atomic E-state index is 2.34. The fourth-order valence-corrected chi connectivity index (χ4v) is 2.22. The van der Waals surface area contributed by atoms with Crippen molar-refractivity contribution in [1.29, 1.82) is 0 Å². The van der Waals surface area contributed by atoms with Gasteiger partial charge in [-0.25, -0.2) is 0 Å². The molecule has 0 aliphatic carbocycles. The van der Waals surface area contributed by atoms with Crippen molar-refractivity contribution in [3.05, 3.63) is 35.9 Å². The van der Waals surface area contributed by atoms with Gasteiger partial charge in [0.05, 0.1) is 0 Å². The molecule has 0 fully saturated rings. The van der Waals surface area contributed by atoms with Crippen LogP contribution in [0.3, 0.4) is 0 Å². The third kappa shape index (κ3) is 9.18. The third-order valence-electron chi connectivity index (χ3n) is 3.06. The van der Waals surface area contributed by atoms with Crippen molar-refractivity contribution in [1.82, 2.24) is 0 Å². The number of benzene rings is 1. The largest absolute Gasteiger partial charge is 0.0776 e. The van der Waals surface area contributed by atoms with Gasteiger partial charge in [-0.05, 0) is 28.7 Å². The van der Waals surface area contributed by atoms with E-state index in [2.05, 4.69) is 71.9 Å². The van der Waals surface area contributed by atoms with Gasteiger partial charge >= 0.3 is 0 Å². The lowest BCUT2D eigenvalue weighted by atomic mass is 9.69. The van der Waals surface area contributed by atoms with Crippen molar-refractivity contribution < 1.29 is 0 Å². The van der Waals surface area contributed by atoms with Crippen LogP contribution >= 0.6 is 0 Å². The minimum Gasteiger partial charge on any atom is -0.0776 e. The zero-order chi connectivity index (χ0) is 14.4. The Balaban J connectivity index is -0.000000689. The summed E-state index contributed by atoms with van der Waals surface area (Å²) in [6.07, 6.45) is 1.24. The molecule has 0 spiro atoms. The van der Waals surface area contributed by atoms with Gasteiger partial charge in [0.1, 0.15) is 0 Å². The topological polar surface area (TPSA) is 0 Å². The second-order valence-electron chi connectivity index (χ2n) is 7.09. The van der Waals surface area contributed by atoms with Crippen LogP contribution < -0.4 is 0 Å². The highest BCUT2D eigenvalue weighted by Gasteiger charge is 2.29. The first kappa shape index (κ1) is 24.3. The molecule has 0 saturated carbocycles. The van der Waals surface area contributed by atoms with Crippen LogP contribution in [0.4, 0.5) is 0 Å². The van der Waals surface area contributed by atoms with Gasteiger partial charge in [-0.2, -0.15) is 0 Å². The van der Waals surface area contributed by atoms with Gasteiger partial charge in [0.25, 0.3) is 0 Å². The summed E-state index contributed by atoms with van der Waals surface area (Å²) in [6, 6.07) is 10.9. The molecular weight excluding hydrogens is 240 g/mol. The summed E-state index contributed by atoms with van der Waals surface area (Å²) >= 11 is 0. The van der Waals surface area contributed by atoms with Gasteiger partial charge in [0.15, 0.2) is 0 Å². The van der Waals surface area contributed by atoms with E-state index in [1.165, 1.54) is 12.0 Å². The molecule has 0 aromatic heterocycles. The lowest BCUT2D eigenvalue weighted by molar-refractivity contribution is 0.229. The van der Waals surface area contributed by atoms with E-state index in [1.54, 1.807) is 0 Å². The molecule has 0 bridgehead atoms. The third-order valence-corrected chi connectivity index (χ3v) is 3.06. The van der Waals surface area contributed by atoms with Crippen LogP contribution in [0.2, 0.25) is 0 Å². The minimum absolute atomic E-state index is 0. The first-order chi connectivity index (χ1) is 8.20. The second-order valence-corrected chi connectivity index (χ2v) is 7.09. The molecule has 0 aliphatic rings. The molecule has 1 unspecified atom stereocenters. The number of hydrogen-bond donors (Lipinski definition) is 0. The van der Waals surface area contributed by atoms with Crippen molar-refractivity contribution >= 4 is 0 Å². The van der Waals surface area contributed by atoms with Gasteiger partial charge in [-0.3, -0.25) is 0 Å². The molecule has 0 heteroatoms. The van der Waals surface area contributed by atoms with E-state index in [4.69, 9.17) is 0 Å². The van der Waals surface area contributed by atoms with Gasteiger partial charge < -0.3 is 0 Å². The van der Waals surface area contributed by atoms with Crippen molar-refractivity contribution in [2.75, 3.05) is 0 Å². The zero-order valence-electron chi connectivity index (χ0n) is 13.7. The molecule has 0 nitrogen and oxygen atoms in total. The molecule has 0 saturated heterocycles. The molecule has 0 amide bonds. The second kappa shape index (κ2) is 10.0. The summed E-state index contributed by atoms with van der Waals surface area (Å²) in [5, 5.41) is 0. The Bertz CT molecular complexity index is 308. The van der Waals surface area contributed by atoms with Gasteiger partial charge in [0.2, 0.25) is 0 Å². The summed E-state index contributed by atoms with van der Waals surface area (Å²) < 4.78 is 0. The van der Waals surface area contributed by atoms with E-state index in [0.717, 1.165) is 0 Å². The fraction of sp³-hybridized carbons (Fsp3) is 0.700. The van der Waals surface area contributed by atoms with E-state index in [9.17, 15) is 0 Å². The lowest BCUT2D eigenvalue weighted by Crippen LogP contribution is -2.23. The van der Waals surface area contributed by atoms with Gasteiger partial charge in [0, 0.05) is 0 Å². The maximum Gasteiger partial charge on any atom is -0.0108 e. The molecule has 120 valence electrons. The quantitative estimate of drug-likeness (QED) is 0.524. The monoisotopic (exact) mass is 280 g/mol. The predicted octanol–water partition coefficient (Wildman–Crippen LogP) is 7.55. The zero-order valence-corrected chi connectivity index (χ0v) is 13.7. The van der Waals surface area contributed by atoms with E-state index in [-0.39, 0.29) is 14.9 Å². The standard InChI is InChI=1S/C16H26.C2H6.2CH4/c1-15(2,3)12-14(16(4,5)6)13-10-8-7-9-11-13;1-2;;/h7-11,14H,12H2,1-6H3;1-2H3;2*1H4. The van der Waals surface area contributed by atoms with Crippen molar-refractivity contribution in [2.45, 2.75) is 82.6 Å². The van der Waals surface area contributed by atoms with Crippen LogP contribution in [0, 0.1) is 10.8 Å². The van der Waals surface area contributed by atoms with Gasteiger partial charge in [-0.1, -0.05) is 101 Å².